The lowest BCUT2D eigenvalue weighted by Gasteiger charge is -2.07. The van der Waals surface area contributed by atoms with Crippen molar-refractivity contribution >= 4 is 22.6 Å². The van der Waals surface area contributed by atoms with Gasteiger partial charge in [-0.15, -0.1) is 5.10 Å². The van der Waals surface area contributed by atoms with Gasteiger partial charge in [0.25, 0.3) is 5.56 Å². The van der Waals surface area contributed by atoms with Crippen molar-refractivity contribution in [3.05, 3.63) is 34.6 Å². The Kier molecular flexibility index (Phi) is 2.09. The van der Waals surface area contributed by atoms with Gasteiger partial charge in [0, 0.05) is 0 Å². The SMILES string of the molecule is O=C(O)Cn1c(=O)c2nnnn2c2ccccc21. The minimum atomic E-state index is -1.10. The van der Waals surface area contributed by atoms with Crippen LogP contribution in [0, 0.1) is 0 Å². The number of carbonyl (C=O) groups is 1. The third-order valence-corrected chi connectivity index (χ3v) is 2.60. The van der Waals surface area contributed by atoms with Gasteiger partial charge in [-0.3, -0.25) is 14.2 Å². The second kappa shape index (κ2) is 3.62. The van der Waals surface area contributed by atoms with E-state index < -0.39 is 18.1 Å². The largest absolute Gasteiger partial charge is 0.480 e. The van der Waals surface area contributed by atoms with Gasteiger partial charge in [-0.1, -0.05) is 12.1 Å². The number of carboxylic acids is 1. The van der Waals surface area contributed by atoms with Gasteiger partial charge in [-0.25, -0.2) is 0 Å². The summed E-state index contributed by atoms with van der Waals surface area (Å²) in [5.41, 5.74) is 0.541. The first-order valence-corrected chi connectivity index (χ1v) is 5.10. The molecule has 2 heterocycles. The van der Waals surface area contributed by atoms with Crippen LogP contribution in [-0.4, -0.2) is 35.7 Å². The fraction of sp³-hybridized carbons (Fsp3) is 0.100. The molecule has 0 radical (unpaired) electrons. The number of hydrogen-bond donors (Lipinski definition) is 1. The first kappa shape index (κ1) is 10.4. The first-order valence-electron chi connectivity index (χ1n) is 5.10. The van der Waals surface area contributed by atoms with Crippen LogP contribution in [-0.2, 0) is 11.3 Å². The molecule has 0 unspecified atom stereocenters. The van der Waals surface area contributed by atoms with E-state index in [1.54, 1.807) is 24.3 Å². The van der Waals surface area contributed by atoms with E-state index in [-0.39, 0.29) is 5.65 Å². The molecule has 0 spiro atoms. The van der Waals surface area contributed by atoms with Crippen molar-refractivity contribution in [2.45, 2.75) is 6.54 Å². The molecule has 0 atom stereocenters. The number of aliphatic carboxylic acids is 1. The van der Waals surface area contributed by atoms with Crippen LogP contribution >= 0.6 is 0 Å². The summed E-state index contributed by atoms with van der Waals surface area (Å²) in [6.45, 7) is -0.428. The topological polar surface area (TPSA) is 102 Å². The zero-order valence-electron chi connectivity index (χ0n) is 9.02. The fourth-order valence-corrected chi connectivity index (χ4v) is 1.88. The molecular formula is C10H7N5O3. The summed E-state index contributed by atoms with van der Waals surface area (Å²) in [6, 6.07) is 6.85. The minimum Gasteiger partial charge on any atom is -0.480 e. The van der Waals surface area contributed by atoms with E-state index in [1.807, 2.05) is 0 Å². The van der Waals surface area contributed by atoms with Crippen LogP contribution in [0.2, 0.25) is 0 Å². The van der Waals surface area contributed by atoms with Crippen molar-refractivity contribution in [2.75, 3.05) is 0 Å². The maximum atomic E-state index is 12.1. The van der Waals surface area contributed by atoms with Crippen molar-refractivity contribution in [3.63, 3.8) is 0 Å². The van der Waals surface area contributed by atoms with Crippen molar-refractivity contribution in [3.8, 4) is 0 Å². The molecule has 2 aromatic heterocycles. The Labute approximate surface area is 99.1 Å². The zero-order valence-corrected chi connectivity index (χ0v) is 9.02. The van der Waals surface area contributed by atoms with Crippen LogP contribution < -0.4 is 5.56 Å². The molecule has 8 heteroatoms. The smallest absolute Gasteiger partial charge is 0.323 e. The molecule has 8 nitrogen and oxygen atoms in total. The van der Waals surface area contributed by atoms with E-state index in [0.717, 1.165) is 4.57 Å². The summed E-state index contributed by atoms with van der Waals surface area (Å²) >= 11 is 0. The van der Waals surface area contributed by atoms with E-state index >= 15 is 0 Å². The quantitative estimate of drug-likeness (QED) is 0.654. The van der Waals surface area contributed by atoms with Gasteiger partial charge in [0.15, 0.2) is 0 Å². The monoisotopic (exact) mass is 245 g/mol. The highest BCUT2D eigenvalue weighted by molar-refractivity contribution is 5.79. The number of nitrogens with zero attached hydrogens (tertiary/aromatic N) is 5. The lowest BCUT2D eigenvalue weighted by molar-refractivity contribution is -0.137. The number of tetrazole rings is 1. The molecule has 1 aromatic carbocycles. The van der Waals surface area contributed by atoms with Crippen LogP contribution in [0.1, 0.15) is 0 Å². The molecule has 0 aliphatic rings. The van der Waals surface area contributed by atoms with Gasteiger partial charge in [-0.05, 0) is 22.6 Å². The third-order valence-electron chi connectivity index (χ3n) is 2.60. The van der Waals surface area contributed by atoms with Gasteiger partial charge < -0.3 is 5.11 Å². The van der Waals surface area contributed by atoms with Gasteiger partial charge in [-0.2, -0.15) is 4.52 Å². The number of para-hydroxylation sites is 2. The zero-order chi connectivity index (χ0) is 12.7. The number of carboxylic acid groups (broad SMARTS) is 1. The molecule has 0 saturated heterocycles. The standard InChI is InChI=1S/C10H7N5O3/c16-8(17)5-14-6-3-1-2-4-7(6)15-9(10(14)18)11-12-13-15/h1-4H,5H2,(H,16,17). The van der Waals surface area contributed by atoms with Crippen molar-refractivity contribution < 1.29 is 9.90 Å². The van der Waals surface area contributed by atoms with Crippen molar-refractivity contribution in [1.29, 1.82) is 0 Å². The highest BCUT2D eigenvalue weighted by Gasteiger charge is 2.14. The average molecular weight is 245 g/mol. The molecular weight excluding hydrogens is 238 g/mol. The summed E-state index contributed by atoms with van der Waals surface area (Å²) in [5.74, 6) is -1.10. The molecule has 18 heavy (non-hydrogen) atoms. The maximum absolute atomic E-state index is 12.1. The van der Waals surface area contributed by atoms with Crippen LogP contribution in [0.25, 0.3) is 16.7 Å². The maximum Gasteiger partial charge on any atom is 0.323 e. The molecule has 0 bridgehead atoms. The highest BCUT2D eigenvalue weighted by Crippen LogP contribution is 2.11. The summed E-state index contributed by atoms with van der Waals surface area (Å²) in [5, 5.41) is 19.6. The lowest BCUT2D eigenvalue weighted by Crippen LogP contribution is -2.26. The van der Waals surface area contributed by atoms with E-state index in [0.29, 0.717) is 11.0 Å². The Morgan fingerprint density at radius 1 is 1.28 bits per heavy atom. The third kappa shape index (κ3) is 1.35. The Morgan fingerprint density at radius 2 is 2.00 bits per heavy atom. The Bertz CT molecular complexity index is 819. The number of aromatic nitrogens is 5. The molecule has 3 aromatic rings. The molecule has 3 rings (SSSR count). The van der Waals surface area contributed by atoms with E-state index in [9.17, 15) is 9.59 Å². The Hall–Kier alpha value is -2.77. The molecule has 0 saturated carbocycles. The second-order valence-electron chi connectivity index (χ2n) is 3.69. The summed E-state index contributed by atoms with van der Waals surface area (Å²) in [4.78, 5) is 22.9. The Balaban J connectivity index is 2.53. The number of fused-ring (bicyclic) bond motifs is 3. The summed E-state index contributed by atoms with van der Waals surface area (Å²) in [6.07, 6.45) is 0. The van der Waals surface area contributed by atoms with E-state index in [4.69, 9.17) is 5.11 Å². The van der Waals surface area contributed by atoms with E-state index in [1.165, 1.54) is 4.52 Å². The van der Waals surface area contributed by atoms with Gasteiger partial charge in [0.1, 0.15) is 6.54 Å². The molecule has 90 valence electrons. The molecule has 0 amide bonds. The predicted molar refractivity (Wildman–Crippen MR) is 60.2 cm³/mol. The fourth-order valence-electron chi connectivity index (χ4n) is 1.88. The van der Waals surface area contributed by atoms with E-state index in [2.05, 4.69) is 15.5 Å². The molecule has 0 aliphatic heterocycles. The van der Waals surface area contributed by atoms with Gasteiger partial charge in [0.05, 0.1) is 11.0 Å². The normalized spacial score (nSPS) is 11.1. The minimum absolute atomic E-state index is 0.00921. The van der Waals surface area contributed by atoms with Gasteiger partial charge in [0.2, 0.25) is 5.65 Å². The highest BCUT2D eigenvalue weighted by atomic mass is 16.4. The van der Waals surface area contributed by atoms with Crippen LogP contribution in [0.3, 0.4) is 0 Å². The van der Waals surface area contributed by atoms with Crippen molar-refractivity contribution in [1.82, 2.24) is 24.6 Å². The van der Waals surface area contributed by atoms with Crippen molar-refractivity contribution in [2.24, 2.45) is 0 Å². The summed E-state index contributed by atoms with van der Waals surface area (Å²) in [7, 11) is 0. The predicted octanol–water partition coefficient (Wildman–Crippen LogP) is -0.476. The summed E-state index contributed by atoms with van der Waals surface area (Å²) < 4.78 is 2.44. The molecule has 1 N–H and O–H groups in total. The average Bonchev–Trinajstić information content (AvgIpc) is 2.83. The van der Waals surface area contributed by atoms with Gasteiger partial charge >= 0.3 is 5.97 Å². The molecule has 0 fully saturated rings. The number of benzene rings is 1. The molecule has 0 aliphatic carbocycles. The number of hydrogen-bond acceptors (Lipinski definition) is 5. The lowest BCUT2D eigenvalue weighted by atomic mass is 10.3. The van der Waals surface area contributed by atoms with Crippen LogP contribution in [0.5, 0.6) is 0 Å². The van der Waals surface area contributed by atoms with Crippen LogP contribution in [0.15, 0.2) is 29.1 Å². The first-order chi connectivity index (χ1) is 8.68. The van der Waals surface area contributed by atoms with Crippen LogP contribution in [0.4, 0.5) is 0 Å². The number of rotatable bonds is 2. The second-order valence-corrected chi connectivity index (χ2v) is 3.69. The Morgan fingerprint density at radius 3 is 2.72 bits per heavy atom.